The highest BCUT2D eigenvalue weighted by atomic mass is 28.3. The molecule has 302 valence electrons. The average molecular weight is 850 g/mol. The van der Waals surface area contributed by atoms with Crippen molar-refractivity contribution in [1.82, 2.24) is 15.0 Å². The van der Waals surface area contributed by atoms with Crippen LogP contribution in [0.3, 0.4) is 0 Å². The summed E-state index contributed by atoms with van der Waals surface area (Å²) in [5.74, 6) is 2.01. The minimum Gasteiger partial charge on any atom is -0.208 e. The van der Waals surface area contributed by atoms with Gasteiger partial charge in [-0.05, 0) is 81.7 Å². The number of rotatable bonds is 7. The molecule has 3 nitrogen and oxygen atoms in total. The normalized spacial score (nSPS) is 13.7. The van der Waals surface area contributed by atoms with Crippen LogP contribution in [0.15, 0.2) is 224 Å². The highest BCUT2D eigenvalue weighted by Gasteiger charge is 2.50. The largest absolute Gasteiger partial charge is 0.208 e. The van der Waals surface area contributed by atoms with Gasteiger partial charge in [0.05, 0.1) is 0 Å². The molecule has 3 heterocycles. The van der Waals surface area contributed by atoms with Gasteiger partial charge in [-0.3, -0.25) is 0 Å². The van der Waals surface area contributed by atoms with E-state index in [0.29, 0.717) is 17.5 Å². The molecule has 0 unspecified atom stereocenters. The van der Waals surface area contributed by atoms with Crippen LogP contribution in [0.5, 0.6) is 0 Å². The Balaban J connectivity index is 1.18. The molecule has 10 aromatic rings. The third kappa shape index (κ3) is 5.82. The topological polar surface area (TPSA) is 38.7 Å². The summed E-state index contributed by atoms with van der Waals surface area (Å²) in [5.41, 5.74) is 12.6. The molecule has 2 aliphatic rings. The Morgan fingerprint density at radius 1 is 0.281 bits per heavy atom. The highest BCUT2D eigenvalue weighted by molar-refractivity contribution is 7.22. The van der Waals surface area contributed by atoms with Crippen molar-refractivity contribution < 1.29 is 0 Å². The second-order valence-electron chi connectivity index (χ2n) is 17.5. The molecule has 0 aliphatic carbocycles. The third-order valence-electron chi connectivity index (χ3n) is 13.6. The predicted octanol–water partition coefficient (Wildman–Crippen LogP) is 10.4. The maximum atomic E-state index is 5.72. The van der Waals surface area contributed by atoms with Crippen molar-refractivity contribution in [3.05, 3.63) is 224 Å². The summed E-state index contributed by atoms with van der Waals surface area (Å²) in [6.45, 7) is 4.95. The monoisotopic (exact) mass is 849 g/mol. The van der Waals surface area contributed by atoms with Gasteiger partial charge in [-0.2, -0.15) is 0 Å². The Morgan fingerprint density at radius 3 is 1.47 bits per heavy atom. The summed E-state index contributed by atoms with van der Waals surface area (Å²) in [6.07, 6.45) is 0. The van der Waals surface area contributed by atoms with E-state index in [-0.39, 0.29) is 0 Å². The number of fused-ring (bicyclic) bond motifs is 6. The summed E-state index contributed by atoms with van der Waals surface area (Å²) in [6, 6.07) is 82.0. The van der Waals surface area contributed by atoms with Gasteiger partial charge in [0.15, 0.2) is 25.5 Å². The summed E-state index contributed by atoms with van der Waals surface area (Å²) in [7, 11) is -4.92. The zero-order valence-electron chi connectivity index (χ0n) is 35.7. The first-order valence-electron chi connectivity index (χ1n) is 22.1. The molecule has 0 bridgehead atoms. The molecule has 0 spiro atoms. The second-order valence-corrected chi connectivity index (χ2v) is 25.5. The van der Waals surface area contributed by atoms with Gasteiger partial charge in [0.25, 0.3) is 0 Å². The van der Waals surface area contributed by atoms with E-state index in [4.69, 9.17) is 15.0 Å². The molecule has 9 aromatic carbocycles. The number of benzene rings is 9. The zero-order chi connectivity index (χ0) is 42.8. The van der Waals surface area contributed by atoms with Gasteiger partial charge in [-0.15, -0.1) is 0 Å². The van der Waals surface area contributed by atoms with Gasteiger partial charge in [-0.1, -0.05) is 231 Å². The number of hydrogen-bond donors (Lipinski definition) is 0. The Bertz CT molecular complexity index is 3350. The molecular weight excluding hydrogens is 807 g/mol. The molecular formula is C59H43N3Si2. The van der Waals surface area contributed by atoms with Crippen LogP contribution in [0.2, 0.25) is 13.1 Å². The van der Waals surface area contributed by atoms with Crippen LogP contribution in [0.25, 0.3) is 78.7 Å². The van der Waals surface area contributed by atoms with Gasteiger partial charge >= 0.3 is 0 Å². The molecule has 12 rings (SSSR count). The summed E-state index contributed by atoms with van der Waals surface area (Å²) in [4.78, 5) is 16.7. The molecule has 0 fully saturated rings. The van der Waals surface area contributed by atoms with E-state index in [2.05, 4.69) is 238 Å². The molecule has 0 saturated heterocycles. The van der Waals surface area contributed by atoms with Crippen LogP contribution in [-0.2, 0) is 0 Å². The Morgan fingerprint density at radius 2 is 0.797 bits per heavy atom. The lowest BCUT2D eigenvalue weighted by molar-refractivity contribution is 1.08. The fourth-order valence-corrected chi connectivity index (χ4v) is 19.0. The van der Waals surface area contributed by atoms with Crippen LogP contribution in [0.1, 0.15) is 0 Å². The molecule has 0 saturated carbocycles. The number of hydrogen-bond acceptors (Lipinski definition) is 3. The van der Waals surface area contributed by atoms with Crippen molar-refractivity contribution in [1.29, 1.82) is 0 Å². The van der Waals surface area contributed by atoms with Gasteiger partial charge in [0.2, 0.25) is 0 Å². The highest BCUT2D eigenvalue weighted by Crippen LogP contribution is 2.44. The van der Waals surface area contributed by atoms with E-state index in [1.54, 1.807) is 0 Å². The van der Waals surface area contributed by atoms with Crippen molar-refractivity contribution in [2.75, 3.05) is 0 Å². The molecule has 0 atom stereocenters. The Kier molecular flexibility index (Phi) is 8.97. The van der Waals surface area contributed by atoms with Crippen molar-refractivity contribution in [2.24, 2.45) is 0 Å². The third-order valence-corrected chi connectivity index (χ3v) is 22.1. The van der Waals surface area contributed by atoms with E-state index in [1.807, 2.05) is 0 Å². The molecule has 5 heteroatoms. The first kappa shape index (κ1) is 38.1. The lowest BCUT2D eigenvalue weighted by Gasteiger charge is -2.31. The first-order chi connectivity index (χ1) is 31.5. The van der Waals surface area contributed by atoms with E-state index in [9.17, 15) is 0 Å². The standard InChI is InChI=1S/C59H43N3Si2/c1-63(2)50-37-35-43(40-21-8-3-9-22-40)39-49(50)54-48(32-20-34-52(54)63)58-60-57(42-25-12-5-13-26-42)61-59(62-58)56-46(41-23-10-4-11-24-41)36-38-53-55(56)47-31-18-19-33-51(47)64(53,44-27-14-6-15-28-44)45-29-16-7-17-30-45/h3-39H,1-2H3. The minimum absolute atomic E-state index is 0.656. The minimum atomic E-state index is -2.84. The van der Waals surface area contributed by atoms with Gasteiger partial charge in [-0.25, -0.2) is 15.0 Å². The van der Waals surface area contributed by atoms with Gasteiger partial charge in [0, 0.05) is 16.7 Å². The smallest absolute Gasteiger partial charge is 0.180 e. The molecule has 0 N–H and O–H groups in total. The van der Waals surface area contributed by atoms with Crippen LogP contribution in [0.4, 0.5) is 0 Å². The van der Waals surface area contributed by atoms with E-state index >= 15 is 0 Å². The molecule has 0 amide bonds. The molecule has 64 heavy (non-hydrogen) atoms. The maximum absolute atomic E-state index is 5.72. The van der Waals surface area contributed by atoms with Crippen LogP contribution >= 0.6 is 0 Å². The quantitative estimate of drug-likeness (QED) is 0.150. The summed E-state index contributed by atoms with van der Waals surface area (Å²) in [5, 5.41) is 8.29. The predicted molar refractivity (Wildman–Crippen MR) is 272 cm³/mol. The number of aromatic nitrogens is 3. The van der Waals surface area contributed by atoms with E-state index in [1.165, 1.54) is 64.5 Å². The first-order valence-corrected chi connectivity index (χ1v) is 27.1. The van der Waals surface area contributed by atoms with Crippen LogP contribution in [0, 0.1) is 0 Å². The molecule has 1 aromatic heterocycles. The second kappa shape index (κ2) is 15.1. The van der Waals surface area contributed by atoms with E-state index in [0.717, 1.165) is 27.8 Å². The maximum Gasteiger partial charge on any atom is 0.180 e. The number of nitrogens with zero attached hydrogens (tertiary/aromatic N) is 3. The lowest BCUT2D eigenvalue weighted by atomic mass is 9.91. The SMILES string of the molecule is C[Si]1(C)c2ccc(-c3ccccc3)cc2-c2c(-c3nc(-c4ccccc4)nc(-c4c(-c5ccccc5)ccc5c4-c4ccccc4[Si]5(c4ccccc4)c4ccccc4)n3)cccc21. The van der Waals surface area contributed by atoms with Crippen molar-refractivity contribution in [2.45, 2.75) is 13.1 Å². The Hall–Kier alpha value is -7.58. The fraction of sp³-hybridized carbons (Fsp3) is 0.0339. The van der Waals surface area contributed by atoms with Crippen molar-refractivity contribution >= 4 is 47.3 Å². The average Bonchev–Trinajstić information content (AvgIpc) is 3.80. The lowest BCUT2D eigenvalue weighted by Crippen LogP contribution is -2.72. The molecule has 0 radical (unpaired) electrons. The van der Waals surface area contributed by atoms with Crippen LogP contribution in [-0.4, -0.2) is 31.1 Å². The zero-order valence-corrected chi connectivity index (χ0v) is 37.7. The summed E-state index contributed by atoms with van der Waals surface area (Å²) >= 11 is 0. The fourth-order valence-electron chi connectivity index (χ4n) is 10.7. The van der Waals surface area contributed by atoms with Gasteiger partial charge < -0.3 is 0 Å². The van der Waals surface area contributed by atoms with E-state index < -0.39 is 16.1 Å². The van der Waals surface area contributed by atoms with Crippen LogP contribution < -0.4 is 31.1 Å². The van der Waals surface area contributed by atoms with Crippen molar-refractivity contribution in [3.8, 4) is 78.7 Å². The summed E-state index contributed by atoms with van der Waals surface area (Å²) < 4.78 is 0. The van der Waals surface area contributed by atoms with Crippen molar-refractivity contribution in [3.63, 3.8) is 0 Å². The Labute approximate surface area is 376 Å². The molecule has 2 aliphatic heterocycles. The van der Waals surface area contributed by atoms with Gasteiger partial charge in [0.1, 0.15) is 8.07 Å².